The molecule has 0 unspecified atom stereocenters. The summed E-state index contributed by atoms with van der Waals surface area (Å²) in [7, 11) is 0. The average Bonchev–Trinajstić information content (AvgIpc) is 3.01. The molecular weight excluding hydrogens is 482 g/mol. The number of rotatable bonds is 7. The van der Waals surface area contributed by atoms with Crippen LogP contribution in [0.1, 0.15) is 53.6 Å². The topological polar surface area (TPSA) is 61.4 Å². The van der Waals surface area contributed by atoms with Crippen molar-refractivity contribution in [1.29, 1.82) is 0 Å². The fraction of sp³-hybridized carbons (Fsp3) is 0.364. The Morgan fingerprint density at radius 2 is 1.64 bits per heavy atom. The van der Waals surface area contributed by atoms with E-state index >= 15 is 0 Å². The molecule has 0 radical (unpaired) electrons. The maximum absolute atomic E-state index is 14.0. The van der Waals surface area contributed by atoms with E-state index in [9.17, 15) is 4.79 Å². The zero-order valence-electron chi connectivity index (χ0n) is 22.6. The molecule has 0 saturated carbocycles. The molecule has 6 nitrogen and oxygen atoms in total. The molecule has 0 atom stereocenters. The number of hydrogen-bond acceptors (Lipinski definition) is 5. The lowest BCUT2D eigenvalue weighted by Crippen LogP contribution is -2.46. The summed E-state index contributed by atoms with van der Waals surface area (Å²) < 4.78 is 0. The lowest BCUT2D eigenvalue weighted by Gasteiger charge is -2.40. The van der Waals surface area contributed by atoms with Gasteiger partial charge in [0.25, 0.3) is 5.91 Å². The van der Waals surface area contributed by atoms with Crippen LogP contribution < -0.4 is 5.32 Å². The van der Waals surface area contributed by atoms with Crippen LogP contribution in [0.15, 0.2) is 79.1 Å². The van der Waals surface area contributed by atoms with Crippen LogP contribution in [0, 0.1) is 0 Å². The zero-order chi connectivity index (χ0) is 26.4. The van der Waals surface area contributed by atoms with Gasteiger partial charge in [-0.2, -0.15) is 0 Å². The molecule has 1 N–H and O–H groups in total. The first-order valence-electron chi connectivity index (χ1n) is 14.4. The first-order valence-corrected chi connectivity index (χ1v) is 14.4. The van der Waals surface area contributed by atoms with E-state index in [1.54, 1.807) is 12.4 Å². The second-order valence-electron chi connectivity index (χ2n) is 10.8. The standard InChI is InChI=1S/C33H37N5O/c39-33(35-23-25-10-9-17-34-22-25)31-28-13-5-6-14-30(28)36-32(26-11-3-1-4-12-26)29(31)24-37-20-15-27(16-21-37)38-18-7-2-8-19-38/h1,3-6,9-14,17,22,27H,2,7-8,15-16,18-21,23-24H2,(H,35,39). The highest BCUT2D eigenvalue weighted by molar-refractivity contribution is 6.09. The molecule has 0 spiro atoms. The van der Waals surface area contributed by atoms with Crippen molar-refractivity contribution in [2.24, 2.45) is 0 Å². The van der Waals surface area contributed by atoms with Crippen molar-refractivity contribution in [3.05, 3.63) is 95.8 Å². The van der Waals surface area contributed by atoms with Gasteiger partial charge in [0, 0.05) is 48.0 Å². The van der Waals surface area contributed by atoms with E-state index in [0.717, 1.165) is 51.9 Å². The highest BCUT2D eigenvalue weighted by atomic mass is 16.1. The summed E-state index contributed by atoms with van der Waals surface area (Å²) in [6, 6.07) is 22.9. The maximum atomic E-state index is 14.0. The molecule has 2 aliphatic rings. The molecular formula is C33H37N5O. The lowest BCUT2D eigenvalue weighted by atomic mass is 9.94. The number of amides is 1. The monoisotopic (exact) mass is 519 g/mol. The maximum Gasteiger partial charge on any atom is 0.252 e. The van der Waals surface area contributed by atoms with E-state index in [4.69, 9.17) is 4.98 Å². The van der Waals surface area contributed by atoms with Crippen molar-refractivity contribution < 1.29 is 4.79 Å². The van der Waals surface area contributed by atoms with Gasteiger partial charge in [-0.15, -0.1) is 0 Å². The average molecular weight is 520 g/mol. The number of benzene rings is 2. The molecule has 4 aromatic rings. The molecule has 4 heterocycles. The first-order chi connectivity index (χ1) is 19.3. The summed E-state index contributed by atoms with van der Waals surface area (Å²) >= 11 is 0. The molecule has 6 rings (SSSR count). The van der Waals surface area contributed by atoms with Crippen LogP contribution >= 0.6 is 0 Å². The second-order valence-corrected chi connectivity index (χ2v) is 10.8. The molecule has 2 aromatic heterocycles. The van der Waals surface area contributed by atoms with Gasteiger partial charge in [-0.3, -0.25) is 14.7 Å². The minimum atomic E-state index is -0.0622. The molecule has 1 amide bonds. The predicted molar refractivity (Wildman–Crippen MR) is 156 cm³/mol. The Hall–Kier alpha value is -3.61. The Balaban J connectivity index is 1.34. The number of nitrogens with zero attached hydrogens (tertiary/aromatic N) is 4. The fourth-order valence-corrected chi connectivity index (χ4v) is 6.22. The van der Waals surface area contributed by atoms with Crippen molar-refractivity contribution >= 4 is 16.8 Å². The van der Waals surface area contributed by atoms with Gasteiger partial charge >= 0.3 is 0 Å². The van der Waals surface area contributed by atoms with E-state index in [1.807, 2.05) is 54.6 Å². The number of nitrogens with one attached hydrogen (secondary N) is 1. The Kier molecular flexibility index (Phi) is 7.93. The normalized spacial score (nSPS) is 17.3. The molecule has 2 aliphatic heterocycles. The van der Waals surface area contributed by atoms with Gasteiger partial charge in [-0.05, 0) is 69.6 Å². The third-order valence-corrected chi connectivity index (χ3v) is 8.29. The van der Waals surface area contributed by atoms with Gasteiger partial charge in [0.05, 0.1) is 16.8 Å². The van der Waals surface area contributed by atoms with Crippen molar-refractivity contribution in [3.63, 3.8) is 0 Å². The van der Waals surface area contributed by atoms with Crippen LogP contribution in [0.4, 0.5) is 0 Å². The van der Waals surface area contributed by atoms with Crippen molar-refractivity contribution in [3.8, 4) is 11.3 Å². The molecule has 2 fully saturated rings. The van der Waals surface area contributed by atoms with Crippen LogP contribution in [-0.2, 0) is 13.1 Å². The van der Waals surface area contributed by atoms with Crippen LogP contribution in [0.3, 0.4) is 0 Å². The van der Waals surface area contributed by atoms with E-state index in [2.05, 4.69) is 32.2 Å². The summed E-state index contributed by atoms with van der Waals surface area (Å²) in [6.07, 6.45) is 9.96. The number of fused-ring (bicyclic) bond motifs is 1. The quantitative estimate of drug-likeness (QED) is 0.341. The molecule has 2 aromatic carbocycles. The van der Waals surface area contributed by atoms with Crippen molar-refractivity contribution in [1.82, 2.24) is 25.1 Å². The summed E-state index contributed by atoms with van der Waals surface area (Å²) in [5.41, 5.74) is 5.52. The summed E-state index contributed by atoms with van der Waals surface area (Å²) in [4.78, 5) is 28.5. The summed E-state index contributed by atoms with van der Waals surface area (Å²) in [5.74, 6) is -0.0622. The fourth-order valence-electron chi connectivity index (χ4n) is 6.22. The number of aromatic nitrogens is 2. The molecule has 39 heavy (non-hydrogen) atoms. The van der Waals surface area contributed by atoms with E-state index in [-0.39, 0.29) is 5.91 Å². The van der Waals surface area contributed by atoms with Gasteiger partial charge < -0.3 is 10.2 Å². The van der Waals surface area contributed by atoms with Crippen LogP contribution in [0.2, 0.25) is 0 Å². The molecule has 200 valence electrons. The van der Waals surface area contributed by atoms with Crippen LogP contribution in [0.25, 0.3) is 22.2 Å². The highest BCUT2D eigenvalue weighted by Gasteiger charge is 2.28. The Bertz CT molecular complexity index is 1390. The number of likely N-dealkylation sites (tertiary alicyclic amines) is 2. The van der Waals surface area contributed by atoms with E-state index < -0.39 is 0 Å². The molecule has 2 saturated heterocycles. The van der Waals surface area contributed by atoms with Crippen molar-refractivity contribution in [2.75, 3.05) is 26.2 Å². The summed E-state index contributed by atoms with van der Waals surface area (Å²) in [6.45, 7) is 5.73. The van der Waals surface area contributed by atoms with E-state index in [0.29, 0.717) is 19.1 Å². The minimum absolute atomic E-state index is 0.0622. The third-order valence-electron chi connectivity index (χ3n) is 8.29. The number of para-hydroxylation sites is 1. The van der Waals surface area contributed by atoms with Crippen LogP contribution in [-0.4, -0.2) is 57.9 Å². The lowest BCUT2D eigenvalue weighted by molar-refractivity contribution is 0.0885. The van der Waals surface area contributed by atoms with Gasteiger partial charge in [-0.1, -0.05) is 61.0 Å². The first kappa shape index (κ1) is 25.7. The van der Waals surface area contributed by atoms with Crippen LogP contribution in [0.5, 0.6) is 0 Å². The molecule has 6 heteroatoms. The SMILES string of the molecule is O=C(NCc1cccnc1)c1c(CN2CCC(N3CCCCC3)CC2)c(-c2ccccc2)nc2ccccc12. The number of piperidine rings is 2. The predicted octanol–water partition coefficient (Wildman–Crippen LogP) is 5.68. The van der Waals surface area contributed by atoms with Gasteiger partial charge in [0.2, 0.25) is 0 Å². The molecule has 0 aliphatic carbocycles. The smallest absolute Gasteiger partial charge is 0.252 e. The third kappa shape index (κ3) is 5.87. The largest absolute Gasteiger partial charge is 0.348 e. The Morgan fingerprint density at radius 1 is 0.872 bits per heavy atom. The summed E-state index contributed by atoms with van der Waals surface area (Å²) in [5, 5.41) is 4.08. The Labute approximate surface area is 231 Å². The minimum Gasteiger partial charge on any atom is -0.348 e. The van der Waals surface area contributed by atoms with Gasteiger partial charge in [-0.25, -0.2) is 4.98 Å². The second kappa shape index (κ2) is 12.1. The highest BCUT2D eigenvalue weighted by Crippen LogP contribution is 2.32. The Morgan fingerprint density at radius 3 is 2.41 bits per heavy atom. The number of carbonyl (C=O) groups is 1. The van der Waals surface area contributed by atoms with Crippen molar-refractivity contribution in [2.45, 2.75) is 51.2 Å². The zero-order valence-corrected chi connectivity index (χ0v) is 22.6. The number of pyridine rings is 2. The molecule has 0 bridgehead atoms. The van der Waals surface area contributed by atoms with E-state index in [1.165, 1.54) is 45.2 Å². The van der Waals surface area contributed by atoms with Gasteiger partial charge in [0.15, 0.2) is 0 Å². The van der Waals surface area contributed by atoms with Gasteiger partial charge in [0.1, 0.15) is 0 Å². The number of carbonyl (C=O) groups excluding carboxylic acids is 1. The number of hydrogen-bond donors (Lipinski definition) is 1.